The molecule has 0 radical (unpaired) electrons. The molecule has 3 aromatic carbocycles. The number of allylic oxidation sites excluding steroid dienone is 4. The van der Waals surface area contributed by atoms with Gasteiger partial charge in [0.15, 0.2) is 17.5 Å². The van der Waals surface area contributed by atoms with E-state index in [0.717, 1.165) is 17.7 Å². The van der Waals surface area contributed by atoms with Crippen molar-refractivity contribution in [1.29, 1.82) is 0 Å². The Labute approximate surface area is 199 Å². The predicted octanol–water partition coefficient (Wildman–Crippen LogP) is 7.76. The van der Waals surface area contributed by atoms with Gasteiger partial charge in [-0.25, -0.2) is 22.0 Å². The molecule has 3 aromatic rings. The Morgan fingerprint density at radius 3 is 2.00 bits per heavy atom. The van der Waals surface area contributed by atoms with Gasteiger partial charge in [-0.15, -0.1) is 9.24 Å². The second kappa shape index (κ2) is 10.1. The average Bonchev–Trinajstić information content (AvgIpc) is 2.76. The van der Waals surface area contributed by atoms with Crippen LogP contribution in [0.25, 0.3) is 11.1 Å². The summed E-state index contributed by atoms with van der Waals surface area (Å²) in [5, 5.41) is -0.431. The molecule has 0 N–H and O–H groups in total. The molecular formula is C26H18F7OP. The molecule has 0 aliphatic carbocycles. The fourth-order valence-electron chi connectivity index (χ4n) is 3.13. The standard InChI is InChI=1S/C26H18F7OP/c1-13-4-6-16(7-5-13)14(2)8-19(27)15(3)17-9-20(28)24(23(35)10-17)26(32,33)34-18-11-21(29)25(31)22(30)12-18/h4-12H,2-3,35H2,1H3/b19-8+. The van der Waals surface area contributed by atoms with Gasteiger partial charge in [-0.2, -0.15) is 8.78 Å². The summed E-state index contributed by atoms with van der Waals surface area (Å²) < 4.78 is 103. The summed E-state index contributed by atoms with van der Waals surface area (Å²) in [5.41, 5.74) is 0.227. The molecule has 1 atom stereocenters. The van der Waals surface area contributed by atoms with Crippen LogP contribution in [0.5, 0.6) is 5.75 Å². The second-order valence-corrected chi connectivity index (χ2v) is 8.23. The molecule has 182 valence electrons. The minimum absolute atomic E-state index is 0.142. The van der Waals surface area contributed by atoms with E-state index in [0.29, 0.717) is 17.2 Å². The number of alkyl halides is 2. The molecule has 0 saturated carbocycles. The zero-order chi connectivity index (χ0) is 26.1. The number of hydrogen-bond donors (Lipinski definition) is 0. The maximum atomic E-state index is 14.8. The van der Waals surface area contributed by atoms with E-state index < -0.39 is 51.8 Å². The molecule has 0 saturated heterocycles. The minimum Gasteiger partial charge on any atom is -0.429 e. The molecule has 0 fully saturated rings. The molecule has 1 nitrogen and oxygen atoms in total. The zero-order valence-corrected chi connectivity index (χ0v) is 19.4. The lowest BCUT2D eigenvalue weighted by Gasteiger charge is -2.21. The normalized spacial score (nSPS) is 12.0. The molecule has 0 bridgehead atoms. The molecular weight excluding hydrogens is 492 g/mol. The highest BCUT2D eigenvalue weighted by Gasteiger charge is 2.40. The first kappa shape index (κ1) is 26.2. The summed E-state index contributed by atoms with van der Waals surface area (Å²) in [6.45, 7) is 9.22. The van der Waals surface area contributed by atoms with E-state index in [2.05, 4.69) is 17.9 Å². The zero-order valence-electron chi connectivity index (χ0n) is 18.2. The van der Waals surface area contributed by atoms with Crippen molar-refractivity contribution in [3.8, 4) is 5.75 Å². The van der Waals surface area contributed by atoms with Crippen LogP contribution >= 0.6 is 9.24 Å². The summed E-state index contributed by atoms with van der Waals surface area (Å²) in [4.78, 5) is 0. The van der Waals surface area contributed by atoms with Crippen molar-refractivity contribution >= 4 is 25.7 Å². The van der Waals surface area contributed by atoms with Crippen molar-refractivity contribution in [3.05, 3.63) is 119 Å². The van der Waals surface area contributed by atoms with Crippen molar-refractivity contribution in [2.24, 2.45) is 0 Å². The van der Waals surface area contributed by atoms with Gasteiger partial charge in [0.25, 0.3) is 0 Å². The van der Waals surface area contributed by atoms with Crippen LogP contribution in [0.2, 0.25) is 0 Å². The smallest absolute Gasteiger partial charge is 0.429 e. The van der Waals surface area contributed by atoms with Crippen molar-refractivity contribution < 1.29 is 35.5 Å². The van der Waals surface area contributed by atoms with E-state index in [1.807, 2.05) is 28.3 Å². The Bertz CT molecular complexity index is 1300. The predicted molar refractivity (Wildman–Crippen MR) is 125 cm³/mol. The van der Waals surface area contributed by atoms with Crippen molar-refractivity contribution in [1.82, 2.24) is 0 Å². The van der Waals surface area contributed by atoms with Gasteiger partial charge in [-0.05, 0) is 47.1 Å². The monoisotopic (exact) mass is 510 g/mol. The third-order valence-corrected chi connectivity index (χ3v) is 5.43. The van der Waals surface area contributed by atoms with Crippen molar-refractivity contribution in [3.63, 3.8) is 0 Å². The summed E-state index contributed by atoms with van der Waals surface area (Å²) in [6.07, 6.45) is -3.33. The van der Waals surface area contributed by atoms with Gasteiger partial charge in [0.2, 0.25) is 0 Å². The summed E-state index contributed by atoms with van der Waals surface area (Å²) >= 11 is 0. The van der Waals surface area contributed by atoms with E-state index in [-0.39, 0.29) is 23.3 Å². The van der Waals surface area contributed by atoms with Gasteiger partial charge < -0.3 is 4.74 Å². The van der Waals surface area contributed by atoms with Gasteiger partial charge in [0.05, 0.1) is 0 Å². The topological polar surface area (TPSA) is 9.23 Å². The highest BCUT2D eigenvalue weighted by atomic mass is 31.0. The first-order chi connectivity index (χ1) is 16.3. The minimum atomic E-state index is -4.41. The summed E-state index contributed by atoms with van der Waals surface area (Å²) in [7, 11) is 1.86. The van der Waals surface area contributed by atoms with Crippen LogP contribution in [0, 0.1) is 30.2 Å². The van der Waals surface area contributed by atoms with Crippen LogP contribution < -0.4 is 10.0 Å². The summed E-state index contributed by atoms with van der Waals surface area (Å²) in [6, 6.07) is 9.14. The molecule has 0 aliphatic rings. The van der Waals surface area contributed by atoms with Crippen LogP contribution in [0.3, 0.4) is 0 Å². The van der Waals surface area contributed by atoms with Gasteiger partial charge in [0, 0.05) is 17.7 Å². The number of benzene rings is 3. The molecule has 9 heteroatoms. The molecule has 3 rings (SSSR count). The first-order valence-electron chi connectivity index (χ1n) is 9.94. The Balaban J connectivity index is 1.89. The number of ether oxygens (including phenoxy) is 1. The van der Waals surface area contributed by atoms with E-state index in [9.17, 15) is 30.7 Å². The number of aryl methyl sites for hydroxylation is 1. The van der Waals surface area contributed by atoms with E-state index in [1.54, 1.807) is 12.1 Å². The Hall–Kier alpha value is -3.38. The fraction of sp³-hybridized carbons (Fsp3) is 0.0769. The third kappa shape index (κ3) is 5.82. The Morgan fingerprint density at radius 1 is 0.886 bits per heavy atom. The van der Waals surface area contributed by atoms with Gasteiger partial charge in [0.1, 0.15) is 23.0 Å². The largest absolute Gasteiger partial charge is 0.430 e. The molecule has 1 unspecified atom stereocenters. The maximum Gasteiger partial charge on any atom is 0.430 e. The Morgan fingerprint density at radius 2 is 1.46 bits per heavy atom. The first-order valence-corrected chi connectivity index (χ1v) is 10.5. The quantitative estimate of drug-likeness (QED) is 0.137. The highest BCUT2D eigenvalue weighted by Crippen LogP contribution is 2.36. The summed E-state index contributed by atoms with van der Waals surface area (Å²) in [5.74, 6) is -8.82. The number of hydrogen-bond acceptors (Lipinski definition) is 1. The molecule has 35 heavy (non-hydrogen) atoms. The van der Waals surface area contributed by atoms with Crippen LogP contribution in [0.4, 0.5) is 30.7 Å². The van der Waals surface area contributed by atoms with Crippen LogP contribution in [0.15, 0.2) is 73.6 Å². The number of rotatable bonds is 7. The SMILES string of the molecule is C=C(/C=C(/F)C(=C)c1cc(F)c(C(F)(F)Oc2cc(F)c(F)c(F)c2)c(P)c1)c1ccc(C)cc1. The lowest BCUT2D eigenvalue weighted by Crippen LogP contribution is -2.29. The highest BCUT2D eigenvalue weighted by molar-refractivity contribution is 7.27. The van der Waals surface area contributed by atoms with Crippen LogP contribution in [-0.4, -0.2) is 0 Å². The van der Waals surface area contributed by atoms with Crippen LogP contribution in [0.1, 0.15) is 22.3 Å². The van der Waals surface area contributed by atoms with Gasteiger partial charge in [-0.3, -0.25) is 0 Å². The van der Waals surface area contributed by atoms with Gasteiger partial charge >= 0.3 is 6.11 Å². The molecule has 0 aliphatic heterocycles. The lowest BCUT2D eigenvalue weighted by molar-refractivity contribution is -0.186. The molecule has 0 heterocycles. The average molecular weight is 510 g/mol. The maximum absolute atomic E-state index is 14.8. The van der Waals surface area contributed by atoms with Gasteiger partial charge in [-0.1, -0.05) is 43.0 Å². The third-order valence-electron chi connectivity index (χ3n) is 4.98. The second-order valence-electron chi connectivity index (χ2n) is 7.60. The van der Waals surface area contributed by atoms with E-state index in [1.165, 1.54) is 0 Å². The van der Waals surface area contributed by atoms with E-state index >= 15 is 0 Å². The van der Waals surface area contributed by atoms with E-state index in [4.69, 9.17) is 0 Å². The number of halogens is 7. The molecule has 0 aromatic heterocycles. The molecule has 0 amide bonds. The lowest BCUT2D eigenvalue weighted by atomic mass is 10.00. The van der Waals surface area contributed by atoms with Crippen molar-refractivity contribution in [2.45, 2.75) is 13.0 Å². The van der Waals surface area contributed by atoms with Crippen molar-refractivity contribution in [2.75, 3.05) is 0 Å². The van der Waals surface area contributed by atoms with Crippen LogP contribution in [-0.2, 0) is 6.11 Å². The fourth-order valence-corrected chi connectivity index (χ4v) is 3.61. The molecule has 0 spiro atoms. The Kier molecular flexibility index (Phi) is 7.56.